The van der Waals surface area contributed by atoms with Crippen molar-refractivity contribution in [3.05, 3.63) is 35.0 Å². The molecule has 0 fully saturated rings. The van der Waals surface area contributed by atoms with Crippen molar-refractivity contribution in [1.29, 1.82) is 0 Å². The predicted molar refractivity (Wildman–Crippen MR) is 64.0 cm³/mol. The molecule has 0 aliphatic rings. The Morgan fingerprint density at radius 2 is 2.12 bits per heavy atom. The van der Waals surface area contributed by atoms with E-state index in [4.69, 9.17) is 16.7 Å². The Balaban J connectivity index is 2.64. The highest BCUT2D eigenvalue weighted by atomic mass is 35.5. The average molecular weight is 238 g/mol. The molecule has 1 aromatic heterocycles. The number of benzene rings is 1. The number of fused-ring (bicyclic) bond motifs is 1. The lowest BCUT2D eigenvalue weighted by Gasteiger charge is -2.16. The van der Waals surface area contributed by atoms with Crippen molar-refractivity contribution < 1.29 is 9.90 Å². The molecule has 2 rings (SSSR count). The van der Waals surface area contributed by atoms with Crippen molar-refractivity contribution >= 4 is 28.5 Å². The molecule has 1 aromatic carbocycles. The molecule has 0 bridgehead atoms. The number of nitrogens with one attached hydrogen (secondary N) is 1. The molecule has 4 heteroatoms. The van der Waals surface area contributed by atoms with Crippen LogP contribution >= 0.6 is 11.6 Å². The van der Waals surface area contributed by atoms with Crippen LogP contribution in [0.3, 0.4) is 0 Å². The highest BCUT2D eigenvalue weighted by molar-refractivity contribution is 6.35. The molecule has 0 unspecified atom stereocenters. The summed E-state index contributed by atoms with van der Waals surface area (Å²) in [4.78, 5) is 14.2. The first-order chi connectivity index (χ1) is 7.43. The molecule has 0 spiro atoms. The standard InChI is InChI=1S/C12H12ClNO2/c1-12(2,11(15)16)9-6-7-4-3-5-8(13)10(7)14-9/h3-6,14H,1-2H3,(H,15,16). The van der Waals surface area contributed by atoms with Gasteiger partial charge in [0.25, 0.3) is 0 Å². The molecule has 84 valence electrons. The van der Waals surface area contributed by atoms with Gasteiger partial charge in [-0.2, -0.15) is 0 Å². The topological polar surface area (TPSA) is 53.1 Å². The number of carboxylic acid groups (broad SMARTS) is 1. The second-order valence-corrected chi connectivity index (χ2v) is 4.72. The fraction of sp³-hybridized carbons (Fsp3) is 0.250. The maximum Gasteiger partial charge on any atom is 0.315 e. The zero-order chi connectivity index (χ0) is 11.9. The Kier molecular flexibility index (Phi) is 2.43. The molecular weight excluding hydrogens is 226 g/mol. The highest BCUT2D eigenvalue weighted by Crippen LogP contribution is 2.29. The normalized spacial score (nSPS) is 11.9. The number of aromatic amines is 1. The van der Waals surface area contributed by atoms with Gasteiger partial charge < -0.3 is 10.1 Å². The van der Waals surface area contributed by atoms with E-state index in [0.29, 0.717) is 10.7 Å². The van der Waals surface area contributed by atoms with Crippen LogP contribution in [0, 0.1) is 0 Å². The third-order valence-electron chi connectivity index (χ3n) is 2.81. The van der Waals surface area contributed by atoms with Gasteiger partial charge in [0.1, 0.15) is 5.41 Å². The van der Waals surface area contributed by atoms with Gasteiger partial charge in [0.05, 0.1) is 10.5 Å². The molecule has 0 atom stereocenters. The fourth-order valence-electron chi connectivity index (χ4n) is 1.57. The molecule has 16 heavy (non-hydrogen) atoms. The molecule has 3 nitrogen and oxygen atoms in total. The van der Waals surface area contributed by atoms with Crippen molar-refractivity contribution in [1.82, 2.24) is 4.98 Å². The van der Waals surface area contributed by atoms with Crippen LogP contribution in [0.25, 0.3) is 10.9 Å². The number of H-pyrrole nitrogens is 1. The number of aromatic nitrogens is 1. The van der Waals surface area contributed by atoms with E-state index in [9.17, 15) is 4.79 Å². The summed E-state index contributed by atoms with van der Waals surface area (Å²) in [6.45, 7) is 3.32. The van der Waals surface area contributed by atoms with Crippen LogP contribution in [0.5, 0.6) is 0 Å². The summed E-state index contributed by atoms with van der Waals surface area (Å²) in [5.41, 5.74) is 0.499. The summed E-state index contributed by atoms with van der Waals surface area (Å²) in [6, 6.07) is 7.35. The fourth-order valence-corrected chi connectivity index (χ4v) is 1.80. The van der Waals surface area contributed by atoms with Crippen molar-refractivity contribution in [3.63, 3.8) is 0 Å². The molecule has 1 heterocycles. The van der Waals surface area contributed by atoms with Gasteiger partial charge >= 0.3 is 5.97 Å². The van der Waals surface area contributed by atoms with Crippen LogP contribution < -0.4 is 0 Å². The quantitative estimate of drug-likeness (QED) is 0.843. The Hall–Kier alpha value is -1.48. The van der Waals surface area contributed by atoms with Crippen molar-refractivity contribution in [2.24, 2.45) is 0 Å². The number of rotatable bonds is 2. The van der Waals surface area contributed by atoms with Crippen molar-refractivity contribution in [2.75, 3.05) is 0 Å². The van der Waals surface area contributed by atoms with Gasteiger partial charge in [-0.25, -0.2) is 0 Å². The zero-order valence-corrected chi connectivity index (χ0v) is 9.80. The first kappa shape index (κ1) is 11.0. The van der Waals surface area contributed by atoms with E-state index in [1.807, 2.05) is 18.2 Å². The number of halogens is 1. The molecular formula is C12H12ClNO2. The lowest BCUT2D eigenvalue weighted by Crippen LogP contribution is -2.28. The van der Waals surface area contributed by atoms with Gasteiger partial charge in [-0.3, -0.25) is 4.79 Å². The van der Waals surface area contributed by atoms with E-state index in [2.05, 4.69) is 4.98 Å². The lowest BCUT2D eigenvalue weighted by molar-refractivity contribution is -0.142. The number of para-hydroxylation sites is 1. The van der Waals surface area contributed by atoms with E-state index in [0.717, 1.165) is 10.9 Å². The molecule has 0 aliphatic carbocycles. The number of carbonyl (C=O) groups is 1. The number of carboxylic acids is 1. The molecule has 0 aliphatic heterocycles. The zero-order valence-electron chi connectivity index (χ0n) is 9.04. The lowest BCUT2D eigenvalue weighted by atomic mass is 9.90. The Bertz CT molecular complexity index is 557. The highest BCUT2D eigenvalue weighted by Gasteiger charge is 2.31. The molecule has 0 amide bonds. The third kappa shape index (κ3) is 1.57. The van der Waals surface area contributed by atoms with Gasteiger partial charge in [-0.15, -0.1) is 0 Å². The van der Waals surface area contributed by atoms with E-state index < -0.39 is 11.4 Å². The summed E-state index contributed by atoms with van der Waals surface area (Å²) in [5.74, 6) is -0.866. The Morgan fingerprint density at radius 1 is 1.44 bits per heavy atom. The predicted octanol–water partition coefficient (Wildman–Crippen LogP) is 3.18. The number of hydrogen-bond acceptors (Lipinski definition) is 1. The maximum absolute atomic E-state index is 11.1. The van der Waals surface area contributed by atoms with Crippen LogP contribution in [0.1, 0.15) is 19.5 Å². The SMILES string of the molecule is CC(C)(C(=O)O)c1cc2cccc(Cl)c2[nH]1. The smallest absolute Gasteiger partial charge is 0.315 e. The van der Waals surface area contributed by atoms with Crippen LogP contribution in [-0.4, -0.2) is 16.1 Å². The Morgan fingerprint density at radius 3 is 2.69 bits per heavy atom. The first-order valence-corrected chi connectivity index (χ1v) is 5.32. The summed E-state index contributed by atoms with van der Waals surface area (Å²) in [7, 11) is 0. The minimum absolute atomic E-state index is 0.602. The monoisotopic (exact) mass is 237 g/mol. The van der Waals surface area contributed by atoms with Crippen LogP contribution in [0.2, 0.25) is 5.02 Å². The first-order valence-electron chi connectivity index (χ1n) is 4.94. The maximum atomic E-state index is 11.1. The van der Waals surface area contributed by atoms with E-state index in [1.165, 1.54) is 0 Å². The summed E-state index contributed by atoms with van der Waals surface area (Å²) in [5, 5.41) is 10.7. The van der Waals surface area contributed by atoms with Crippen molar-refractivity contribution in [2.45, 2.75) is 19.3 Å². The largest absolute Gasteiger partial charge is 0.481 e. The van der Waals surface area contributed by atoms with Gasteiger partial charge in [-0.1, -0.05) is 23.7 Å². The van der Waals surface area contributed by atoms with E-state index >= 15 is 0 Å². The second kappa shape index (κ2) is 3.52. The van der Waals surface area contributed by atoms with Gasteiger partial charge in [0.15, 0.2) is 0 Å². The van der Waals surface area contributed by atoms with E-state index in [1.54, 1.807) is 19.9 Å². The molecule has 0 saturated carbocycles. The molecule has 0 saturated heterocycles. The van der Waals surface area contributed by atoms with Crippen LogP contribution in [0.4, 0.5) is 0 Å². The van der Waals surface area contributed by atoms with Crippen LogP contribution in [0.15, 0.2) is 24.3 Å². The number of hydrogen-bond donors (Lipinski definition) is 2. The molecule has 2 N–H and O–H groups in total. The minimum Gasteiger partial charge on any atom is -0.481 e. The van der Waals surface area contributed by atoms with Crippen molar-refractivity contribution in [3.8, 4) is 0 Å². The second-order valence-electron chi connectivity index (χ2n) is 4.32. The van der Waals surface area contributed by atoms with Gasteiger partial charge in [0.2, 0.25) is 0 Å². The summed E-state index contributed by atoms with van der Waals surface area (Å²) in [6.07, 6.45) is 0. The number of aliphatic carboxylic acids is 1. The molecule has 2 aromatic rings. The summed E-state index contributed by atoms with van der Waals surface area (Å²) >= 11 is 6.02. The van der Waals surface area contributed by atoms with Gasteiger partial charge in [0, 0.05) is 11.1 Å². The Labute approximate surface area is 98.0 Å². The summed E-state index contributed by atoms with van der Waals surface area (Å²) < 4.78 is 0. The third-order valence-corrected chi connectivity index (χ3v) is 3.13. The van der Waals surface area contributed by atoms with E-state index in [-0.39, 0.29) is 0 Å². The van der Waals surface area contributed by atoms with Crippen LogP contribution in [-0.2, 0) is 10.2 Å². The van der Waals surface area contributed by atoms with Gasteiger partial charge in [-0.05, 0) is 26.0 Å². The minimum atomic E-state index is -0.942. The average Bonchev–Trinajstić information content (AvgIpc) is 2.63. The molecule has 0 radical (unpaired) electrons.